The number of nitrogens with zero attached hydrogens (tertiary/aromatic N) is 1. The van der Waals surface area contributed by atoms with Gasteiger partial charge in [0.2, 0.25) is 0 Å². The summed E-state index contributed by atoms with van der Waals surface area (Å²) in [6, 6.07) is 0. The Morgan fingerprint density at radius 2 is 2.09 bits per heavy atom. The topological polar surface area (TPSA) is 23.5 Å². The molecule has 68 valence electrons. The summed E-state index contributed by atoms with van der Waals surface area (Å²) in [7, 11) is 2.08. The second-order valence-electron chi connectivity index (χ2n) is 3.02. The van der Waals surface area contributed by atoms with Gasteiger partial charge in [0.05, 0.1) is 6.10 Å². The fraction of sp³-hybridized carbons (Fsp3) is 1.00. The van der Waals surface area contributed by atoms with Crippen LogP contribution in [0.3, 0.4) is 0 Å². The maximum atomic E-state index is 8.98. The van der Waals surface area contributed by atoms with Gasteiger partial charge < -0.3 is 10.0 Å². The normalized spacial score (nSPS) is 13.9. The summed E-state index contributed by atoms with van der Waals surface area (Å²) in [5.74, 6) is 0.943. The third-order valence-corrected chi connectivity index (χ3v) is 1.94. The predicted molar refractivity (Wildman–Crippen MR) is 52.3 cm³/mol. The van der Waals surface area contributed by atoms with Crippen LogP contribution in [-0.4, -0.2) is 42.0 Å². The lowest BCUT2D eigenvalue weighted by Crippen LogP contribution is -2.23. The maximum absolute atomic E-state index is 8.98. The first-order valence-corrected chi connectivity index (χ1v) is 4.77. The highest BCUT2D eigenvalue weighted by Crippen LogP contribution is 1.94. The Bertz CT molecular complexity index is 88.2. The van der Waals surface area contributed by atoms with E-state index >= 15 is 0 Å². The molecule has 0 aromatic heterocycles. The average molecular weight is 177 g/mol. The van der Waals surface area contributed by atoms with Gasteiger partial charge in [0.15, 0.2) is 0 Å². The minimum atomic E-state index is -0.173. The van der Waals surface area contributed by atoms with Gasteiger partial charge in [0.25, 0.3) is 0 Å². The van der Waals surface area contributed by atoms with Crippen molar-refractivity contribution in [3.05, 3.63) is 0 Å². The Morgan fingerprint density at radius 3 is 2.55 bits per heavy atom. The Morgan fingerprint density at radius 1 is 1.45 bits per heavy atom. The van der Waals surface area contributed by atoms with E-state index in [0.717, 1.165) is 31.7 Å². The van der Waals surface area contributed by atoms with Crippen LogP contribution in [0.1, 0.15) is 19.8 Å². The van der Waals surface area contributed by atoms with Gasteiger partial charge in [-0.05, 0) is 39.1 Å². The molecule has 1 N–H and O–H groups in total. The van der Waals surface area contributed by atoms with E-state index in [0.29, 0.717) is 0 Å². The summed E-state index contributed by atoms with van der Waals surface area (Å²) in [4.78, 5) is 2.23. The standard InChI is InChI=1S/C8H19NOS/c1-8(10)4-6-9(2)5-3-7-11/h8,10-11H,3-7H2,1-2H3. The predicted octanol–water partition coefficient (Wildman–Crippen LogP) is 1.01. The molecule has 11 heavy (non-hydrogen) atoms. The Hall–Kier alpha value is 0.270. The molecule has 0 aliphatic rings. The molecule has 0 aromatic carbocycles. The summed E-state index contributed by atoms with van der Waals surface area (Å²) < 4.78 is 0. The molecule has 0 heterocycles. The highest BCUT2D eigenvalue weighted by Gasteiger charge is 1.99. The number of aliphatic hydroxyl groups excluding tert-OH is 1. The molecule has 0 aliphatic carbocycles. The van der Waals surface area contributed by atoms with Crippen molar-refractivity contribution >= 4 is 12.6 Å². The minimum absolute atomic E-state index is 0.173. The zero-order valence-corrected chi connectivity index (χ0v) is 8.35. The van der Waals surface area contributed by atoms with E-state index in [2.05, 4.69) is 24.6 Å². The fourth-order valence-corrected chi connectivity index (χ4v) is 1.00. The molecule has 0 rings (SSSR count). The lowest BCUT2D eigenvalue weighted by Gasteiger charge is -2.16. The van der Waals surface area contributed by atoms with E-state index in [-0.39, 0.29) is 6.10 Å². The lowest BCUT2D eigenvalue weighted by molar-refractivity contribution is 0.164. The van der Waals surface area contributed by atoms with Crippen LogP contribution in [-0.2, 0) is 0 Å². The third-order valence-electron chi connectivity index (χ3n) is 1.63. The van der Waals surface area contributed by atoms with Crippen LogP contribution in [0, 0.1) is 0 Å². The van der Waals surface area contributed by atoms with E-state index in [1.165, 1.54) is 0 Å². The van der Waals surface area contributed by atoms with E-state index in [1.54, 1.807) is 0 Å². The SMILES string of the molecule is CC(O)CCN(C)CCCS. The molecule has 3 heteroatoms. The smallest absolute Gasteiger partial charge is 0.0524 e. The van der Waals surface area contributed by atoms with E-state index in [9.17, 15) is 0 Å². The van der Waals surface area contributed by atoms with Crippen LogP contribution in [0.2, 0.25) is 0 Å². The van der Waals surface area contributed by atoms with Crippen LogP contribution in [0.4, 0.5) is 0 Å². The van der Waals surface area contributed by atoms with Crippen molar-refractivity contribution in [2.24, 2.45) is 0 Å². The van der Waals surface area contributed by atoms with Crippen LogP contribution >= 0.6 is 12.6 Å². The Kier molecular flexibility index (Phi) is 7.12. The maximum Gasteiger partial charge on any atom is 0.0524 e. The van der Waals surface area contributed by atoms with Gasteiger partial charge in [0.1, 0.15) is 0 Å². The van der Waals surface area contributed by atoms with Crippen molar-refractivity contribution in [2.45, 2.75) is 25.9 Å². The average Bonchev–Trinajstić information content (AvgIpc) is 1.97. The fourth-order valence-electron chi connectivity index (χ4n) is 0.860. The van der Waals surface area contributed by atoms with Gasteiger partial charge in [-0.2, -0.15) is 12.6 Å². The van der Waals surface area contributed by atoms with Crippen LogP contribution in [0.25, 0.3) is 0 Å². The summed E-state index contributed by atoms with van der Waals surface area (Å²) >= 11 is 4.13. The third kappa shape index (κ3) is 8.17. The van der Waals surface area contributed by atoms with Crippen molar-refractivity contribution in [1.29, 1.82) is 0 Å². The Balaban J connectivity index is 3.15. The second-order valence-corrected chi connectivity index (χ2v) is 3.47. The first-order chi connectivity index (χ1) is 5.16. The van der Waals surface area contributed by atoms with Gasteiger partial charge in [-0.1, -0.05) is 0 Å². The van der Waals surface area contributed by atoms with Crippen LogP contribution < -0.4 is 0 Å². The lowest BCUT2D eigenvalue weighted by atomic mass is 10.3. The molecule has 2 nitrogen and oxygen atoms in total. The highest BCUT2D eigenvalue weighted by atomic mass is 32.1. The van der Waals surface area contributed by atoms with Crippen molar-refractivity contribution in [2.75, 3.05) is 25.9 Å². The number of thiol groups is 1. The summed E-state index contributed by atoms with van der Waals surface area (Å²) in [6.45, 7) is 3.88. The molecule has 1 unspecified atom stereocenters. The molecule has 0 aromatic rings. The van der Waals surface area contributed by atoms with Gasteiger partial charge in [-0.3, -0.25) is 0 Å². The largest absolute Gasteiger partial charge is 0.393 e. The summed E-state index contributed by atoms with van der Waals surface area (Å²) in [5, 5.41) is 8.98. The van der Waals surface area contributed by atoms with Gasteiger partial charge >= 0.3 is 0 Å². The molecule has 1 atom stereocenters. The second kappa shape index (κ2) is 6.95. The van der Waals surface area contributed by atoms with Crippen molar-refractivity contribution in [3.8, 4) is 0 Å². The van der Waals surface area contributed by atoms with Crippen molar-refractivity contribution in [1.82, 2.24) is 4.90 Å². The number of hydrogen-bond donors (Lipinski definition) is 2. The first-order valence-electron chi connectivity index (χ1n) is 4.14. The van der Waals surface area contributed by atoms with Gasteiger partial charge in [-0.25, -0.2) is 0 Å². The molecule has 0 radical (unpaired) electrons. The number of hydrogen-bond acceptors (Lipinski definition) is 3. The molecule has 0 amide bonds. The number of rotatable bonds is 6. The molecular formula is C8H19NOS. The van der Waals surface area contributed by atoms with Crippen LogP contribution in [0.15, 0.2) is 0 Å². The van der Waals surface area contributed by atoms with Gasteiger partial charge in [0, 0.05) is 6.54 Å². The number of aliphatic hydroxyl groups is 1. The zero-order valence-electron chi connectivity index (χ0n) is 7.45. The molecule has 0 fully saturated rings. The minimum Gasteiger partial charge on any atom is -0.393 e. The van der Waals surface area contributed by atoms with Crippen molar-refractivity contribution in [3.63, 3.8) is 0 Å². The first kappa shape index (κ1) is 11.3. The molecule has 0 bridgehead atoms. The monoisotopic (exact) mass is 177 g/mol. The Labute approximate surface area is 75.0 Å². The van der Waals surface area contributed by atoms with E-state index in [1.807, 2.05) is 6.92 Å². The summed E-state index contributed by atoms with van der Waals surface area (Å²) in [5.41, 5.74) is 0. The molecule has 0 saturated heterocycles. The quantitative estimate of drug-likeness (QED) is 0.592. The van der Waals surface area contributed by atoms with Gasteiger partial charge in [-0.15, -0.1) is 0 Å². The molecule has 0 saturated carbocycles. The molecule has 0 aliphatic heterocycles. The van der Waals surface area contributed by atoms with E-state index < -0.39 is 0 Å². The van der Waals surface area contributed by atoms with Crippen molar-refractivity contribution < 1.29 is 5.11 Å². The van der Waals surface area contributed by atoms with Crippen LogP contribution in [0.5, 0.6) is 0 Å². The highest BCUT2D eigenvalue weighted by molar-refractivity contribution is 7.80. The molecule has 0 spiro atoms. The molecular weight excluding hydrogens is 158 g/mol. The zero-order chi connectivity index (χ0) is 8.69. The summed E-state index contributed by atoms with van der Waals surface area (Å²) in [6.07, 6.45) is 1.82. The van der Waals surface area contributed by atoms with E-state index in [4.69, 9.17) is 5.11 Å².